The lowest BCUT2D eigenvalue weighted by Crippen LogP contribution is -2.03. The van der Waals surface area contributed by atoms with Crippen molar-refractivity contribution in [2.75, 3.05) is 5.73 Å². The van der Waals surface area contributed by atoms with Crippen LogP contribution in [0.1, 0.15) is 5.56 Å². The van der Waals surface area contributed by atoms with E-state index in [1.807, 2.05) is 0 Å². The maximum absolute atomic E-state index is 10.4. The van der Waals surface area contributed by atoms with Crippen molar-refractivity contribution in [2.24, 2.45) is 0 Å². The minimum absolute atomic E-state index is 0.112. The average Bonchev–Trinajstić information content (AvgIpc) is 1.99. The number of rotatable bonds is 2. The summed E-state index contributed by atoms with van der Waals surface area (Å²) in [5.74, 6) is -0.926. The van der Waals surface area contributed by atoms with Crippen LogP contribution in [0.25, 0.3) is 0 Å². The fraction of sp³-hybridized carbons (Fsp3) is 0.125. The number of aliphatic carboxylic acids is 1. The smallest absolute Gasteiger partial charge is 0.307 e. The summed E-state index contributed by atoms with van der Waals surface area (Å²) in [7, 11) is 0. The Labute approximate surface area is 88.6 Å². The van der Waals surface area contributed by atoms with Gasteiger partial charge in [-0.2, -0.15) is 0 Å². The SMILES string of the molecule is Nc1cc(Br)c(Cl)cc1CC(=O)O. The number of benzene rings is 1. The molecule has 3 nitrogen and oxygen atoms in total. The van der Waals surface area contributed by atoms with Gasteiger partial charge in [0.15, 0.2) is 0 Å². The van der Waals surface area contributed by atoms with Gasteiger partial charge in [-0.1, -0.05) is 11.6 Å². The third-order valence-electron chi connectivity index (χ3n) is 1.52. The molecule has 1 rings (SSSR count). The number of nitrogen functional groups attached to an aromatic ring is 1. The zero-order valence-corrected chi connectivity index (χ0v) is 8.89. The molecule has 1 aromatic carbocycles. The Balaban J connectivity index is 3.08. The average molecular weight is 265 g/mol. The number of carbonyl (C=O) groups is 1. The highest BCUT2D eigenvalue weighted by atomic mass is 79.9. The van der Waals surface area contributed by atoms with Gasteiger partial charge in [-0.3, -0.25) is 4.79 Å². The van der Waals surface area contributed by atoms with E-state index in [1.165, 1.54) is 0 Å². The third-order valence-corrected chi connectivity index (χ3v) is 2.72. The first kappa shape index (κ1) is 10.3. The molecule has 0 saturated carbocycles. The summed E-state index contributed by atoms with van der Waals surface area (Å²) in [6.45, 7) is 0. The maximum Gasteiger partial charge on any atom is 0.307 e. The van der Waals surface area contributed by atoms with E-state index in [2.05, 4.69) is 15.9 Å². The number of anilines is 1. The van der Waals surface area contributed by atoms with Crippen molar-refractivity contribution in [3.8, 4) is 0 Å². The molecule has 0 saturated heterocycles. The lowest BCUT2D eigenvalue weighted by atomic mass is 10.1. The number of hydrogen-bond acceptors (Lipinski definition) is 2. The van der Waals surface area contributed by atoms with E-state index in [0.29, 0.717) is 20.7 Å². The molecule has 0 radical (unpaired) electrons. The van der Waals surface area contributed by atoms with E-state index in [0.717, 1.165) is 0 Å². The predicted molar refractivity (Wildman–Crippen MR) is 54.9 cm³/mol. The van der Waals surface area contributed by atoms with E-state index in [1.54, 1.807) is 12.1 Å². The Morgan fingerprint density at radius 2 is 2.23 bits per heavy atom. The highest BCUT2D eigenvalue weighted by molar-refractivity contribution is 9.10. The Bertz CT molecular complexity index is 354. The van der Waals surface area contributed by atoms with Crippen molar-refractivity contribution in [3.63, 3.8) is 0 Å². The van der Waals surface area contributed by atoms with Gasteiger partial charge in [0.2, 0.25) is 0 Å². The number of nitrogens with two attached hydrogens (primary N) is 1. The molecule has 0 aliphatic rings. The molecule has 0 aliphatic carbocycles. The van der Waals surface area contributed by atoms with Gasteiger partial charge >= 0.3 is 5.97 Å². The van der Waals surface area contributed by atoms with Crippen LogP contribution in [0.3, 0.4) is 0 Å². The highest BCUT2D eigenvalue weighted by Gasteiger charge is 2.07. The van der Waals surface area contributed by atoms with Crippen LogP contribution < -0.4 is 5.73 Å². The van der Waals surface area contributed by atoms with Crippen LogP contribution in [0.2, 0.25) is 5.02 Å². The van der Waals surface area contributed by atoms with Crippen LogP contribution in [0.4, 0.5) is 5.69 Å². The van der Waals surface area contributed by atoms with E-state index in [-0.39, 0.29) is 6.42 Å². The van der Waals surface area contributed by atoms with E-state index in [4.69, 9.17) is 22.4 Å². The Hall–Kier alpha value is -0.740. The fourth-order valence-electron chi connectivity index (χ4n) is 0.919. The monoisotopic (exact) mass is 263 g/mol. The predicted octanol–water partition coefficient (Wildman–Crippen LogP) is 2.31. The molecule has 5 heteroatoms. The van der Waals surface area contributed by atoms with Gasteiger partial charge in [-0.15, -0.1) is 0 Å². The van der Waals surface area contributed by atoms with Crippen molar-refractivity contribution in [1.82, 2.24) is 0 Å². The van der Waals surface area contributed by atoms with Gasteiger partial charge in [0.1, 0.15) is 0 Å². The first-order valence-electron chi connectivity index (χ1n) is 3.46. The standard InChI is InChI=1S/C8H7BrClNO2/c9-5-3-7(11)4(1-6(5)10)2-8(12)13/h1,3H,2,11H2,(H,12,13). The largest absolute Gasteiger partial charge is 0.481 e. The van der Waals surface area contributed by atoms with E-state index < -0.39 is 5.97 Å². The number of hydrogen-bond donors (Lipinski definition) is 2. The first-order chi connectivity index (χ1) is 6.00. The molecule has 0 aliphatic heterocycles. The molecule has 0 aromatic heterocycles. The summed E-state index contributed by atoms with van der Waals surface area (Å²) in [4.78, 5) is 10.4. The second-order valence-corrected chi connectivity index (χ2v) is 3.80. The molecule has 0 atom stereocenters. The molecular formula is C8H7BrClNO2. The van der Waals surface area contributed by atoms with Gasteiger partial charge < -0.3 is 10.8 Å². The Morgan fingerprint density at radius 1 is 1.62 bits per heavy atom. The highest BCUT2D eigenvalue weighted by Crippen LogP contribution is 2.27. The Morgan fingerprint density at radius 3 is 2.77 bits per heavy atom. The first-order valence-corrected chi connectivity index (χ1v) is 4.63. The van der Waals surface area contributed by atoms with Crippen molar-refractivity contribution in [1.29, 1.82) is 0 Å². The summed E-state index contributed by atoms with van der Waals surface area (Å²) < 4.78 is 0.667. The molecule has 0 heterocycles. The van der Waals surface area contributed by atoms with Crippen LogP contribution in [-0.2, 0) is 11.2 Å². The molecule has 0 spiro atoms. The minimum atomic E-state index is -0.926. The normalized spacial score (nSPS) is 10.0. The maximum atomic E-state index is 10.4. The van der Waals surface area contributed by atoms with Gasteiger partial charge in [0, 0.05) is 10.2 Å². The number of carboxylic acids is 1. The van der Waals surface area contributed by atoms with Gasteiger partial charge in [-0.25, -0.2) is 0 Å². The second-order valence-electron chi connectivity index (χ2n) is 2.54. The zero-order chi connectivity index (χ0) is 10.0. The molecule has 70 valence electrons. The molecule has 1 aromatic rings. The van der Waals surface area contributed by atoms with Crippen LogP contribution in [0, 0.1) is 0 Å². The quantitative estimate of drug-likeness (QED) is 0.806. The molecule has 0 unspecified atom stereocenters. The molecule has 3 N–H and O–H groups in total. The summed E-state index contributed by atoms with van der Waals surface area (Å²) in [6.07, 6.45) is -0.112. The molecule has 0 amide bonds. The second kappa shape index (κ2) is 3.98. The summed E-state index contributed by atoms with van der Waals surface area (Å²) >= 11 is 8.96. The zero-order valence-electron chi connectivity index (χ0n) is 6.55. The lowest BCUT2D eigenvalue weighted by Gasteiger charge is -2.04. The van der Waals surface area contributed by atoms with Crippen molar-refractivity contribution >= 4 is 39.2 Å². The summed E-state index contributed by atoms with van der Waals surface area (Å²) in [5.41, 5.74) is 6.54. The summed E-state index contributed by atoms with van der Waals surface area (Å²) in [5, 5.41) is 9.00. The third kappa shape index (κ3) is 2.60. The summed E-state index contributed by atoms with van der Waals surface area (Å²) in [6, 6.07) is 3.15. The minimum Gasteiger partial charge on any atom is -0.481 e. The van der Waals surface area contributed by atoms with Crippen molar-refractivity contribution in [3.05, 3.63) is 27.2 Å². The fourth-order valence-corrected chi connectivity index (χ4v) is 1.47. The van der Waals surface area contributed by atoms with Crippen LogP contribution in [-0.4, -0.2) is 11.1 Å². The topological polar surface area (TPSA) is 63.3 Å². The number of carboxylic acid groups (broad SMARTS) is 1. The van der Waals surface area contributed by atoms with Crippen molar-refractivity contribution in [2.45, 2.75) is 6.42 Å². The molecule has 0 bridgehead atoms. The van der Waals surface area contributed by atoms with Crippen LogP contribution in [0.5, 0.6) is 0 Å². The van der Waals surface area contributed by atoms with E-state index in [9.17, 15) is 4.79 Å². The van der Waals surface area contributed by atoms with Gasteiger partial charge in [0.05, 0.1) is 11.4 Å². The van der Waals surface area contributed by atoms with Gasteiger partial charge in [-0.05, 0) is 33.6 Å². The molecular weight excluding hydrogens is 257 g/mol. The lowest BCUT2D eigenvalue weighted by molar-refractivity contribution is -0.136. The van der Waals surface area contributed by atoms with Crippen LogP contribution >= 0.6 is 27.5 Å². The Kier molecular flexibility index (Phi) is 3.17. The van der Waals surface area contributed by atoms with E-state index >= 15 is 0 Å². The number of halogens is 2. The molecule has 0 fully saturated rings. The molecule has 13 heavy (non-hydrogen) atoms. The van der Waals surface area contributed by atoms with Crippen molar-refractivity contribution < 1.29 is 9.90 Å². The van der Waals surface area contributed by atoms with Crippen LogP contribution in [0.15, 0.2) is 16.6 Å². The van der Waals surface area contributed by atoms with Gasteiger partial charge in [0.25, 0.3) is 0 Å².